The summed E-state index contributed by atoms with van der Waals surface area (Å²) in [5, 5.41) is 5.11. The van der Waals surface area contributed by atoms with Crippen LogP contribution in [-0.2, 0) is 16.0 Å². The molecule has 1 atom stereocenters. The van der Waals surface area contributed by atoms with Crippen molar-refractivity contribution < 1.29 is 14.0 Å². The Balaban J connectivity index is 1.74. The van der Waals surface area contributed by atoms with Crippen molar-refractivity contribution in [3.63, 3.8) is 0 Å². The van der Waals surface area contributed by atoms with Gasteiger partial charge in [0.1, 0.15) is 11.9 Å². The molecular formula is C27H29FN2O2S. The number of hydrogen-bond acceptors (Lipinski definition) is 3. The molecule has 0 spiro atoms. The number of aryl methyl sites for hydroxylation is 1. The van der Waals surface area contributed by atoms with Crippen molar-refractivity contribution in [3.8, 4) is 0 Å². The van der Waals surface area contributed by atoms with E-state index in [1.54, 1.807) is 12.1 Å². The lowest BCUT2D eigenvalue weighted by atomic mass is 9.94. The standard InChI is InChI=1S/C27H29FN2O2S/c1-19-12-14-20(15-13-19)26(27(32)29-22-8-3-2-4-9-22)30(23-10-5-7-21(28)17-23)25(31)18-24-11-6-16-33-24/h5-7,10-17,22,26H,2-4,8-9,18H2,1H3,(H,29,32). The summed E-state index contributed by atoms with van der Waals surface area (Å²) in [5.74, 6) is -0.918. The molecule has 33 heavy (non-hydrogen) atoms. The number of thiophene rings is 1. The Morgan fingerprint density at radius 1 is 1.06 bits per heavy atom. The van der Waals surface area contributed by atoms with Gasteiger partial charge in [-0.3, -0.25) is 14.5 Å². The van der Waals surface area contributed by atoms with Gasteiger partial charge in [-0.05, 0) is 55.0 Å². The minimum Gasteiger partial charge on any atom is -0.351 e. The van der Waals surface area contributed by atoms with Gasteiger partial charge in [0.15, 0.2) is 0 Å². The number of nitrogens with zero attached hydrogens (tertiary/aromatic N) is 1. The third-order valence-corrected chi connectivity index (χ3v) is 6.99. The summed E-state index contributed by atoms with van der Waals surface area (Å²) >= 11 is 1.49. The van der Waals surface area contributed by atoms with Gasteiger partial charge in [0.25, 0.3) is 0 Å². The summed E-state index contributed by atoms with van der Waals surface area (Å²) in [6.45, 7) is 1.98. The molecule has 1 aliphatic rings. The van der Waals surface area contributed by atoms with Crippen molar-refractivity contribution >= 4 is 28.8 Å². The zero-order chi connectivity index (χ0) is 23.2. The largest absolute Gasteiger partial charge is 0.351 e. The van der Waals surface area contributed by atoms with Crippen LogP contribution in [0.5, 0.6) is 0 Å². The van der Waals surface area contributed by atoms with Gasteiger partial charge >= 0.3 is 0 Å². The first-order valence-corrected chi connectivity index (χ1v) is 12.4. The fraction of sp³-hybridized carbons (Fsp3) is 0.333. The highest BCUT2D eigenvalue weighted by atomic mass is 32.1. The molecule has 4 rings (SSSR count). The fourth-order valence-corrected chi connectivity index (χ4v) is 5.10. The average molecular weight is 465 g/mol. The third-order valence-electron chi connectivity index (χ3n) is 6.11. The summed E-state index contributed by atoms with van der Waals surface area (Å²) < 4.78 is 14.2. The van der Waals surface area contributed by atoms with E-state index in [0.717, 1.165) is 36.1 Å². The van der Waals surface area contributed by atoms with E-state index >= 15 is 0 Å². The Kier molecular flexibility index (Phi) is 7.55. The van der Waals surface area contributed by atoms with Gasteiger partial charge in [-0.15, -0.1) is 11.3 Å². The Labute approximate surface area is 198 Å². The van der Waals surface area contributed by atoms with E-state index in [4.69, 9.17) is 0 Å². The normalized spacial score (nSPS) is 15.1. The SMILES string of the molecule is Cc1ccc(C(C(=O)NC2CCCCC2)N(C(=O)Cc2cccs2)c2cccc(F)c2)cc1. The zero-order valence-electron chi connectivity index (χ0n) is 18.8. The first-order chi connectivity index (χ1) is 16.0. The van der Waals surface area contributed by atoms with E-state index in [-0.39, 0.29) is 24.3 Å². The molecule has 0 bridgehead atoms. The van der Waals surface area contributed by atoms with E-state index in [1.807, 2.05) is 48.7 Å². The molecule has 4 nitrogen and oxygen atoms in total. The van der Waals surface area contributed by atoms with Gasteiger partial charge < -0.3 is 5.32 Å². The molecule has 2 amide bonds. The Bertz CT molecular complexity index is 1080. The number of halogens is 1. The molecule has 1 saturated carbocycles. The summed E-state index contributed by atoms with van der Waals surface area (Å²) in [6.07, 6.45) is 5.39. The van der Waals surface area contributed by atoms with Crippen molar-refractivity contribution in [1.82, 2.24) is 5.32 Å². The highest BCUT2D eigenvalue weighted by Crippen LogP contribution is 2.31. The molecule has 1 aromatic heterocycles. The smallest absolute Gasteiger partial charge is 0.248 e. The fourth-order valence-electron chi connectivity index (χ4n) is 4.40. The van der Waals surface area contributed by atoms with Crippen LogP contribution in [0.2, 0.25) is 0 Å². The number of nitrogens with one attached hydrogen (secondary N) is 1. The minimum atomic E-state index is -0.887. The predicted molar refractivity (Wildman–Crippen MR) is 131 cm³/mol. The number of hydrogen-bond donors (Lipinski definition) is 1. The number of carbonyl (C=O) groups excluding carboxylic acids is 2. The number of carbonyl (C=O) groups is 2. The first-order valence-electron chi connectivity index (χ1n) is 11.5. The zero-order valence-corrected chi connectivity index (χ0v) is 19.6. The van der Waals surface area contributed by atoms with Crippen LogP contribution in [0.25, 0.3) is 0 Å². The highest BCUT2D eigenvalue weighted by Gasteiger charge is 2.34. The molecule has 1 heterocycles. The molecule has 0 radical (unpaired) electrons. The molecule has 6 heteroatoms. The second kappa shape index (κ2) is 10.8. The number of amides is 2. The molecule has 0 saturated heterocycles. The van der Waals surface area contributed by atoms with Gasteiger partial charge in [-0.2, -0.15) is 0 Å². The number of anilines is 1. The third kappa shape index (κ3) is 5.88. The van der Waals surface area contributed by atoms with E-state index in [9.17, 15) is 14.0 Å². The topological polar surface area (TPSA) is 49.4 Å². The summed E-state index contributed by atoms with van der Waals surface area (Å²) in [6, 6.07) is 16.6. The molecule has 1 fully saturated rings. The second-order valence-corrected chi connectivity index (χ2v) is 9.69. The first kappa shape index (κ1) is 23.2. The summed E-state index contributed by atoms with van der Waals surface area (Å²) in [7, 11) is 0. The van der Waals surface area contributed by atoms with E-state index in [0.29, 0.717) is 11.3 Å². The molecular weight excluding hydrogens is 435 g/mol. The van der Waals surface area contributed by atoms with Gasteiger partial charge in [0.2, 0.25) is 11.8 Å². The molecule has 3 aromatic rings. The van der Waals surface area contributed by atoms with Crippen LogP contribution in [0.1, 0.15) is 54.1 Å². The lowest BCUT2D eigenvalue weighted by molar-refractivity contribution is -0.127. The van der Waals surface area contributed by atoms with Crippen LogP contribution in [-0.4, -0.2) is 17.9 Å². The Hall–Kier alpha value is -2.99. The van der Waals surface area contributed by atoms with Gasteiger partial charge in [-0.25, -0.2) is 4.39 Å². The second-order valence-electron chi connectivity index (χ2n) is 8.66. The highest BCUT2D eigenvalue weighted by molar-refractivity contribution is 7.10. The van der Waals surface area contributed by atoms with E-state index in [2.05, 4.69) is 5.32 Å². The average Bonchev–Trinajstić information content (AvgIpc) is 3.31. The van der Waals surface area contributed by atoms with Crippen molar-refractivity contribution in [2.45, 2.75) is 57.5 Å². The molecule has 1 N–H and O–H groups in total. The molecule has 2 aromatic carbocycles. The van der Waals surface area contributed by atoms with Crippen LogP contribution in [0.3, 0.4) is 0 Å². The number of rotatable bonds is 7. The van der Waals surface area contributed by atoms with Crippen molar-refractivity contribution in [3.05, 3.63) is 87.9 Å². The van der Waals surface area contributed by atoms with E-state index in [1.165, 1.54) is 34.8 Å². The maximum atomic E-state index is 14.2. The molecule has 0 aliphatic heterocycles. The predicted octanol–water partition coefficient (Wildman–Crippen LogP) is 5.96. The maximum Gasteiger partial charge on any atom is 0.248 e. The summed E-state index contributed by atoms with van der Waals surface area (Å²) in [4.78, 5) is 29.7. The van der Waals surface area contributed by atoms with Gasteiger partial charge in [0, 0.05) is 16.6 Å². The van der Waals surface area contributed by atoms with Crippen LogP contribution >= 0.6 is 11.3 Å². The van der Waals surface area contributed by atoms with Crippen molar-refractivity contribution in [2.75, 3.05) is 4.90 Å². The molecule has 1 unspecified atom stereocenters. The van der Waals surface area contributed by atoms with Crippen molar-refractivity contribution in [1.29, 1.82) is 0 Å². The lowest BCUT2D eigenvalue weighted by Gasteiger charge is -2.33. The van der Waals surface area contributed by atoms with Crippen LogP contribution in [0.4, 0.5) is 10.1 Å². The quantitative estimate of drug-likeness (QED) is 0.469. The van der Waals surface area contributed by atoms with Gasteiger partial charge in [0.05, 0.1) is 6.42 Å². The van der Waals surface area contributed by atoms with Crippen molar-refractivity contribution in [2.24, 2.45) is 0 Å². The van der Waals surface area contributed by atoms with Gasteiger partial charge in [-0.1, -0.05) is 61.2 Å². The van der Waals surface area contributed by atoms with Crippen LogP contribution in [0, 0.1) is 12.7 Å². The minimum absolute atomic E-state index is 0.0981. The monoisotopic (exact) mass is 464 g/mol. The maximum absolute atomic E-state index is 14.2. The van der Waals surface area contributed by atoms with Crippen LogP contribution in [0.15, 0.2) is 66.0 Å². The Morgan fingerprint density at radius 3 is 2.48 bits per heavy atom. The van der Waals surface area contributed by atoms with Crippen LogP contribution < -0.4 is 10.2 Å². The molecule has 1 aliphatic carbocycles. The molecule has 172 valence electrons. The van der Waals surface area contributed by atoms with E-state index < -0.39 is 11.9 Å². The Morgan fingerprint density at radius 2 is 1.82 bits per heavy atom. The lowest BCUT2D eigenvalue weighted by Crippen LogP contribution is -2.47. The number of benzene rings is 2. The summed E-state index contributed by atoms with van der Waals surface area (Å²) in [5.41, 5.74) is 2.14.